The van der Waals surface area contributed by atoms with Gasteiger partial charge in [0.05, 0.1) is 6.04 Å². The fourth-order valence-electron chi connectivity index (χ4n) is 4.38. The fourth-order valence-corrected chi connectivity index (χ4v) is 4.38. The Morgan fingerprint density at radius 2 is 1.62 bits per heavy atom. The molecule has 0 bridgehead atoms. The van der Waals surface area contributed by atoms with Crippen LogP contribution in [0, 0.1) is 0 Å². The van der Waals surface area contributed by atoms with Crippen LogP contribution in [0.3, 0.4) is 0 Å². The third-order valence-electron chi connectivity index (χ3n) is 6.08. The highest BCUT2D eigenvalue weighted by atomic mass is 16.5. The van der Waals surface area contributed by atoms with Crippen molar-refractivity contribution in [1.29, 1.82) is 0 Å². The molecule has 0 aliphatic carbocycles. The molecule has 1 heterocycles. The minimum absolute atomic E-state index is 0.113. The summed E-state index contributed by atoms with van der Waals surface area (Å²) in [4.78, 5) is 16.1. The van der Waals surface area contributed by atoms with Crippen LogP contribution in [0.4, 0.5) is 5.69 Å². The van der Waals surface area contributed by atoms with Crippen LogP contribution in [-0.4, -0.2) is 42.7 Å². The summed E-state index contributed by atoms with van der Waals surface area (Å²) >= 11 is 0. The van der Waals surface area contributed by atoms with Gasteiger partial charge in [-0.05, 0) is 53.8 Å². The maximum Gasteiger partial charge on any atom is 0.320 e. The Hall–Kier alpha value is -3.31. The van der Waals surface area contributed by atoms with Gasteiger partial charge in [0.25, 0.3) is 0 Å². The molecule has 1 aliphatic rings. The van der Waals surface area contributed by atoms with E-state index in [1.807, 2.05) is 56.6 Å². The number of nitrogens with zero attached hydrogens (tertiary/aromatic N) is 2. The SMILES string of the molecule is CN(C)c1ccc(C(c2ccc(OCc3ccccc3)cc2)N2CCCC2C(=O)O)cc1. The van der Waals surface area contributed by atoms with E-state index >= 15 is 0 Å². The predicted octanol–water partition coefficient (Wildman–Crippen LogP) is 4.97. The highest BCUT2D eigenvalue weighted by Crippen LogP contribution is 2.36. The summed E-state index contributed by atoms with van der Waals surface area (Å²) in [7, 11) is 4.03. The normalized spacial score (nSPS) is 17.1. The minimum atomic E-state index is -0.750. The second kappa shape index (κ2) is 9.88. The summed E-state index contributed by atoms with van der Waals surface area (Å²) in [5.74, 6) is 0.0516. The number of anilines is 1. The molecule has 0 aromatic heterocycles. The molecule has 3 aromatic rings. The van der Waals surface area contributed by atoms with E-state index in [4.69, 9.17) is 4.74 Å². The first-order valence-corrected chi connectivity index (χ1v) is 11.1. The zero-order valence-corrected chi connectivity index (χ0v) is 18.6. The summed E-state index contributed by atoms with van der Waals surface area (Å²) in [5.41, 5.74) is 4.41. The molecule has 166 valence electrons. The van der Waals surface area contributed by atoms with E-state index in [0.29, 0.717) is 13.0 Å². The lowest BCUT2D eigenvalue weighted by Crippen LogP contribution is -2.39. The number of benzene rings is 3. The zero-order valence-electron chi connectivity index (χ0n) is 18.6. The number of carboxylic acid groups (broad SMARTS) is 1. The quantitative estimate of drug-likeness (QED) is 0.547. The van der Waals surface area contributed by atoms with Crippen molar-refractivity contribution in [2.75, 3.05) is 25.5 Å². The van der Waals surface area contributed by atoms with Gasteiger partial charge in [-0.3, -0.25) is 9.69 Å². The summed E-state index contributed by atoms with van der Waals surface area (Å²) in [5, 5.41) is 9.80. The number of aliphatic carboxylic acids is 1. The van der Waals surface area contributed by atoms with Crippen LogP contribution in [0.2, 0.25) is 0 Å². The lowest BCUT2D eigenvalue weighted by Gasteiger charge is -2.32. The molecular formula is C27H30N2O3. The standard InChI is InChI=1S/C27H30N2O3/c1-28(2)23-14-10-21(11-15-23)26(29-18-6-9-25(29)27(30)31)22-12-16-24(17-13-22)32-19-20-7-4-3-5-8-20/h3-5,7-8,10-17,25-26H,6,9,18-19H2,1-2H3,(H,30,31). The maximum atomic E-state index is 11.9. The van der Waals surface area contributed by atoms with Crippen molar-refractivity contribution in [2.45, 2.75) is 31.5 Å². The highest BCUT2D eigenvalue weighted by molar-refractivity contribution is 5.74. The van der Waals surface area contributed by atoms with Crippen LogP contribution in [0.25, 0.3) is 0 Å². The molecule has 1 fully saturated rings. The van der Waals surface area contributed by atoms with Crippen LogP contribution in [0.1, 0.15) is 35.6 Å². The Morgan fingerprint density at radius 1 is 1.00 bits per heavy atom. The van der Waals surface area contributed by atoms with Gasteiger partial charge in [-0.2, -0.15) is 0 Å². The Labute approximate surface area is 189 Å². The molecule has 1 saturated heterocycles. The van der Waals surface area contributed by atoms with E-state index in [-0.39, 0.29) is 6.04 Å². The first kappa shape index (κ1) is 21.9. The number of ether oxygens (including phenoxy) is 1. The van der Waals surface area contributed by atoms with Gasteiger partial charge >= 0.3 is 5.97 Å². The smallest absolute Gasteiger partial charge is 0.320 e. The van der Waals surface area contributed by atoms with Gasteiger partial charge in [0.1, 0.15) is 18.4 Å². The van der Waals surface area contributed by atoms with Crippen LogP contribution in [0.5, 0.6) is 5.75 Å². The topological polar surface area (TPSA) is 53.0 Å². The van der Waals surface area contributed by atoms with Crippen molar-refractivity contribution in [2.24, 2.45) is 0 Å². The molecule has 0 amide bonds. The van der Waals surface area contributed by atoms with Gasteiger partial charge < -0.3 is 14.7 Å². The average molecular weight is 431 g/mol. The molecule has 1 N–H and O–H groups in total. The van der Waals surface area contributed by atoms with Crippen LogP contribution >= 0.6 is 0 Å². The van der Waals surface area contributed by atoms with Crippen LogP contribution in [0.15, 0.2) is 78.9 Å². The fraction of sp³-hybridized carbons (Fsp3) is 0.296. The summed E-state index contributed by atoms with van der Waals surface area (Å²) in [6, 6.07) is 26.0. The molecule has 0 radical (unpaired) electrons. The van der Waals surface area contributed by atoms with E-state index in [1.54, 1.807) is 0 Å². The van der Waals surface area contributed by atoms with Crippen molar-refractivity contribution < 1.29 is 14.6 Å². The van der Waals surface area contributed by atoms with E-state index in [9.17, 15) is 9.90 Å². The lowest BCUT2D eigenvalue weighted by atomic mass is 9.96. The molecule has 5 heteroatoms. The highest BCUT2D eigenvalue weighted by Gasteiger charge is 2.36. The van der Waals surface area contributed by atoms with E-state index in [1.165, 1.54) is 0 Å². The third kappa shape index (κ3) is 4.94. The average Bonchev–Trinajstić information content (AvgIpc) is 3.29. The van der Waals surface area contributed by atoms with Crippen molar-refractivity contribution >= 4 is 11.7 Å². The second-order valence-electron chi connectivity index (χ2n) is 8.47. The summed E-state index contributed by atoms with van der Waals surface area (Å²) in [6.07, 6.45) is 1.57. The summed E-state index contributed by atoms with van der Waals surface area (Å²) < 4.78 is 5.95. The van der Waals surface area contributed by atoms with E-state index in [2.05, 4.69) is 46.2 Å². The largest absolute Gasteiger partial charge is 0.489 e. The molecule has 0 saturated carbocycles. The number of carbonyl (C=O) groups is 1. The van der Waals surface area contributed by atoms with Gasteiger partial charge in [0.2, 0.25) is 0 Å². The van der Waals surface area contributed by atoms with E-state index < -0.39 is 12.0 Å². The number of hydrogen-bond acceptors (Lipinski definition) is 4. The van der Waals surface area contributed by atoms with Gasteiger partial charge in [-0.25, -0.2) is 0 Å². The predicted molar refractivity (Wildman–Crippen MR) is 127 cm³/mol. The Bertz CT molecular complexity index is 1020. The van der Waals surface area contributed by atoms with Gasteiger partial charge in [0.15, 0.2) is 0 Å². The second-order valence-corrected chi connectivity index (χ2v) is 8.47. The lowest BCUT2D eigenvalue weighted by molar-refractivity contribution is -0.142. The monoisotopic (exact) mass is 430 g/mol. The molecule has 5 nitrogen and oxygen atoms in total. The molecule has 32 heavy (non-hydrogen) atoms. The number of hydrogen-bond donors (Lipinski definition) is 1. The third-order valence-corrected chi connectivity index (χ3v) is 6.08. The van der Waals surface area contributed by atoms with Crippen LogP contribution < -0.4 is 9.64 Å². The van der Waals surface area contributed by atoms with Crippen molar-refractivity contribution in [3.63, 3.8) is 0 Å². The minimum Gasteiger partial charge on any atom is -0.489 e. The number of rotatable bonds is 8. The van der Waals surface area contributed by atoms with Crippen molar-refractivity contribution in [3.05, 3.63) is 95.6 Å². The molecular weight excluding hydrogens is 400 g/mol. The molecule has 3 aromatic carbocycles. The van der Waals surface area contributed by atoms with Crippen LogP contribution in [-0.2, 0) is 11.4 Å². The number of carboxylic acids is 1. The Balaban J connectivity index is 1.60. The Morgan fingerprint density at radius 3 is 2.22 bits per heavy atom. The molecule has 2 atom stereocenters. The van der Waals surface area contributed by atoms with Gasteiger partial charge in [0, 0.05) is 26.3 Å². The van der Waals surface area contributed by atoms with Gasteiger partial charge in [-0.1, -0.05) is 54.6 Å². The zero-order chi connectivity index (χ0) is 22.5. The summed E-state index contributed by atoms with van der Waals surface area (Å²) in [6.45, 7) is 1.28. The first-order chi connectivity index (χ1) is 15.5. The first-order valence-electron chi connectivity index (χ1n) is 11.1. The van der Waals surface area contributed by atoms with E-state index in [0.717, 1.165) is 41.1 Å². The maximum absolute atomic E-state index is 11.9. The Kier molecular flexibility index (Phi) is 6.76. The molecule has 0 spiro atoms. The molecule has 2 unspecified atom stereocenters. The number of likely N-dealkylation sites (tertiary alicyclic amines) is 1. The van der Waals surface area contributed by atoms with Crippen molar-refractivity contribution in [1.82, 2.24) is 4.90 Å². The van der Waals surface area contributed by atoms with Crippen molar-refractivity contribution in [3.8, 4) is 5.75 Å². The molecule has 4 rings (SSSR count). The molecule has 1 aliphatic heterocycles. The van der Waals surface area contributed by atoms with Gasteiger partial charge in [-0.15, -0.1) is 0 Å².